The first-order valence-electron chi connectivity index (χ1n) is 6.64. The van der Waals surface area contributed by atoms with Gasteiger partial charge in [0.15, 0.2) is 11.4 Å². The van der Waals surface area contributed by atoms with Gasteiger partial charge in [0.1, 0.15) is 5.82 Å². The van der Waals surface area contributed by atoms with Gasteiger partial charge in [-0.1, -0.05) is 0 Å². The van der Waals surface area contributed by atoms with Gasteiger partial charge in [-0.25, -0.2) is 9.97 Å². The minimum atomic E-state index is -0.476. The molecule has 0 aliphatic rings. The Hall–Kier alpha value is -2.80. The van der Waals surface area contributed by atoms with Gasteiger partial charge in [0.25, 0.3) is 5.56 Å². The van der Waals surface area contributed by atoms with E-state index in [1.807, 2.05) is 0 Å². The lowest BCUT2D eigenvalue weighted by Gasteiger charge is -2.15. The van der Waals surface area contributed by atoms with Crippen LogP contribution in [-0.4, -0.2) is 14.5 Å². The Labute approximate surface area is 124 Å². The minimum absolute atomic E-state index is 0.0505. The molecule has 0 radical (unpaired) electrons. The second-order valence-electron chi connectivity index (χ2n) is 4.84. The van der Waals surface area contributed by atoms with Crippen molar-refractivity contribution in [1.82, 2.24) is 14.5 Å². The average molecular weight is 300 g/mol. The number of aromatic nitrogens is 3. The standard InChI is InChI=1S/C15H13FN4O2/c1-9(17)14-19-13-12(3-2-8-18-13)15(21)20(14)10-4-6-11(22-16)7-5-10/h2-9H,17H2,1H3. The molecule has 1 atom stereocenters. The van der Waals surface area contributed by atoms with Gasteiger partial charge < -0.3 is 5.73 Å². The second kappa shape index (κ2) is 5.53. The van der Waals surface area contributed by atoms with E-state index >= 15 is 0 Å². The summed E-state index contributed by atoms with van der Waals surface area (Å²) in [5, 5.41) is 0.387. The molecular weight excluding hydrogens is 287 g/mol. The zero-order valence-electron chi connectivity index (χ0n) is 11.7. The summed E-state index contributed by atoms with van der Waals surface area (Å²) in [6.45, 7) is 1.73. The van der Waals surface area contributed by atoms with Gasteiger partial charge in [0.2, 0.25) is 0 Å². The Morgan fingerprint density at radius 3 is 2.64 bits per heavy atom. The number of hydrogen-bond acceptors (Lipinski definition) is 5. The highest BCUT2D eigenvalue weighted by Crippen LogP contribution is 2.18. The smallest absolute Gasteiger partial charge is 0.267 e. The van der Waals surface area contributed by atoms with Crippen molar-refractivity contribution in [1.29, 1.82) is 0 Å². The number of pyridine rings is 1. The van der Waals surface area contributed by atoms with Crippen LogP contribution in [0.4, 0.5) is 4.53 Å². The largest absolute Gasteiger partial charge is 0.322 e. The molecule has 1 unspecified atom stereocenters. The van der Waals surface area contributed by atoms with Crippen molar-refractivity contribution < 1.29 is 9.47 Å². The van der Waals surface area contributed by atoms with Gasteiger partial charge in [-0.15, -0.1) is 0 Å². The third kappa shape index (κ3) is 2.31. The van der Waals surface area contributed by atoms with Crippen LogP contribution in [-0.2, 0) is 0 Å². The number of nitrogens with two attached hydrogens (primary N) is 1. The minimum Gasteiger partial charge on any atom is -0.322 e. The van der Waals surface area contributed by atoms with E-state index in [1.54, 1.807) is 37.4 Å². The summed E-state index contributed by atoms with van der Waals surface area (Å²) < 4.78 is 13.5. The highest BCUT2D eigenvalue weighted by molar-refractivity contribution is 5.73. The predicted molar refractivity (Wildman–Crippen MR) is 79.5 cm³/mol. The summed E-state index contributed by atoms with van der Waals surface area (Å²) in [5.74, 6) is 0.430. The molecule has 0 bridgehead atoms. The summed E-state index contributed by atoms with van der Waals surface area (Å²) in [7, 11) is 0. The van der Waals surface area contributed by atoms with Crippen molar-refractivity contribution in [3.8, 4) is 11.4 Å². The molecule has 7 heteroatoms. The Morgan fingerprint density at radius 1 is 1.27 bits per heavy atom. The maximum Gasteiger partial charge on any atom is 0.267 e. The fraction of sp³-hybridized carbons (Fsp3) is 0.133. The fourth-order valence-corrected chi connectivity index (χ4v) is 2.24. The molecule has 6 nitrogen and oxygen atoms in total. The molecule has 0 fully saturated rings. The predicted octanol–water partition coefficient (Wildman–Crippen LogP) is 2.06. The fourth-order valence-electron chi connectivity index (χ4n) is 2.24. The van der Waals surface area contributed by atoms with Crippen LogP contribution >= 0.6 is 0 Å². The molecule has 0 spiro atoms. The SMILES string of the molecule is CC(N)c1nc2ncccc2c(=O)n1-c1ccc(OF)cc1. The van der Waals surface area contributed by atoms with E-state index < -0.39 is 6.04 Å². The van der Waals surface area contributed by atoms with E-state index in [0.29, 0.717) is 22.5 Å². The molecule has 0 saturated carbocycles. The lowest BCUT2D eigenvalue weighted by molar-refractivity contribution is -0.00620. The number of fused-ring (bicyclic) bond motifs is 1. The first kappa shape index (κ1) is 14.2. The third-order valence-corrected chi connectivity index (χ3v) is 3.26. The van der Waals surface area contributed by atoms with Crippen LogP contribution in [0.5, 0.6) is 5.75 Å². The van der Waals surface area contributed by atoms with E-state index in [9.17, 15) is 9.32 Å². The van der Waals surface area contributed by atoms with Crippen molar-refractivity contribution in [2.24, 2.45) is 5.73 Å². The zero-order valence-corrected chi connectivity index (χ0v) is 11.7. The van der Waals surface area contributed by atoms with Gasteiger partial charge in [-0.05, 0) is 43.3 Å². The van der Waals surface area contributed by atoms with Crippen LogP contribution in [0, 0.1) is 0 Å². The third-order valence-electron chi connectivity index (χ3n) is 3.26. The molecule has 0 aliphatic heterocycles. The monoisotopic (exact) mass is 300 g/mol. The molecule has 0 amide bonds. The average Bonchev–Trinajstić information content (AvgIpc) is 2.55. The lowest BCUT2D eigenvalue weighted by atomic mass is 10.2. The molecule has 3 rings (SSSR count). The lowest BCUT2D eigenvalue weighted by Crippen LogP contribution is -2.27. The van der Waals surface area contributed by atoms with Crippen LogP contribution < -0.4 is 16.2 Å². The summed E-state index contributed by atoms with van der Waals surface area (Å²) in [6, 6.07) is 8.80. The van der Waals surface area contributed by atoms with E-state index in [4.69, 9.17) is 5.73 Å². The van der Waals surface area contributed by atoms with Crippen molar-refractivity contribution in [3.05, 3.63) is 58.8 Å². The van der Waals surface area contributed by atoms with Gasteiger partial charge in [0.05, 0.1) is 17.1 Å². The number of hydrogen-bond donors (Lipinski definition) is 1. The summed E-state index contributed by atoms with van der Waals surface area (Å²) >= 11 is 0. The van der Waals surface area contributed by atoms with Crippen LogP contribution in [0.25, 0.3) is 16.7 Å². The molecule has 0 saturated heterocycles. The van der Waals surface area contributed by atoms with Crippen LogP contribution in [0.15, 0.2) is 47.4 Å². The second-order valence-corrected chi connectivity index (χ2v) is 4.84. The van der Waals surface area contributed by atoms with Gasteiger partial charge in [-0.2, -0.15) is 0 Å². The summed E-state index contributed by atoms with van der Waals surface area (Å²) in [6.07, 6.45) is 1.57. The molecule has 0 aliphatic carbocycles. The quantitative estimate of drug-likeness (QED) is 0.800. The number of halogens is 1. The molecule has 22 heavy (non-hydrogen) atoms. The normalized spacial score (nSPS) is 12.3. The van der Waals surface area contributed by atoms with E-state index in [0.717, 1.165) is 0 Å². The highest BCUT2D eigenvalue weighted by Gasteiger charge is 2.16. The van der Waals surface area contributed by atoms with Crippen molar-refractivity contribution >= 4 is 11.0 Å². The Morgan fingerprint density at radius 2 is 2.00 bits per heavy atom. The molecule has 112 valence electrons. The first-order chi connectivity index (χ1) is 10.6. The van der Waals surface area contributed by atoms with Crippen LogP contribution in [0.3, 0.4) is 0 Å². The Balaban J connectivity index is 2.32. The molecule has 3 aromatic rings. The topological polar surface area (TPSA) is 83.0 Å². The highest BCUT2D eigenvalue weighted by atomic mass is 19.3. The van der Waals surface area contributed by atoms with Crippen LogP contribution in [0.1, 0.15) is 18.8 Å². The molecule has 2 aromatic heterocycles. The Bertz CT molecular complexity index is 875. The number of rotatable bonds is 3. The van der Waals surface area contributed by atoms with Gasteiger partial charge >= 0.3 is 0 Å². The molecule has 1 aromatic carbocycles. The van der Waals surface area contributed by atoms with Crippen molar-refractivity contribution in [2.75, 3.05) is 0 Å². The van der Waals surface area contributed by atoms with Crippen molar-refractivity contribution in [3.63, 3.8) is 0 Å². The molecular formula is C15H13FN4O2. The zero-order chi connectivity index (χ0) is 15.7. The van der Waals surface area contributed by atoms with Crippen LogP contribution in [0.2, 0.25) is 0 Å². The Kier molecular flexibility index (Phi) is 3.56. The maximum absolute atomic E-state index is 12.7. The summed E-state index contributed by atoms with van der Waals surface area (Å²) in [5.41, 5.74) is 6.53. The van der Waals surface area contributed by atoms with E-state index in [2.05, 4.69) is 14.9 Å². The van der Waals surface area contributed by atoms with E-state index in [-0.39, 0.29) is 11.3 Å². The summed E-state index contributed by atoms with van der Waals surface area (Å²) in [4.78, 5) is 24.8. The molecule has 2 N–H and O–H groups in total. The van der Waals surface area contributed by atoms with E-state index in [1.165, 1.54) is 16.7 Å². The molecule has 2 heterocycles. The number of nitrogens with zero attached hydrogens (tertiary/aromatic N) is 3. The maximum atomic E-state index is 12.7. The number of benzene rings is 1. The van der Waals surface area contributed by atoms with Crippen molar-refractivity contribution in [2.45, 2.75) is 13.0 Å². The van der Waals surface area contributed by atoms with Gasteiger partial charge in [-0.3, -0.25) is 14.3 Å². The first-order valence-corrected chi connectivity index (χ1v) is 6.64. The van der Waals surface area contributed by atoms with Gasteiger partial charge in [0, 0.05) is 10.7 Å².